The molecule has 1 saturated carbocycles. The Morgan fingerprint density at radius 1 is 1.32 bits per heavy atom. The van der Waals surface area contributed by atoms with Crippen LogP contribution in [0.15, 0.2) is 4.52 Å². The van der Waals surface area contributed by atoms with E-state index in [2.05, 4.69) is 22.0 Å². The summed E-state index contributed by atoms with van der Waals surface area (Å²) < 4.78 is 5.38. The van der Waals surface area contributed by atoms with Gasteiger partial charge < -0.3 is 9.63 Å². The summed E-state index contributed by atoms with van der Waals surface area (Å²) in [5, 5.41) is 13.4. The molecule has 5 heteroatoms. The van der Waals surface area contributed by atoms with E-state index in [0.717, 1.165) is 31.3 Å². The molecule has 2 fully saturated rings. The van der Waals surface area contributed by atoms with E-state index in [4.69, 9.17) is 4.52 Å². The molecule has 3 rings (SSSR count). The van der Waals surface area contributed by atoms with Gasteiger partial charge in [-0.1, -0.05) is 24.9 Å². The molecule has 1 aromatic rings. The van der Waals surface area contributed by atoms with Crippen molar-refractivity contribution in [3.63, 3.8) is 0 Å². The molecule has 1 saturated heterocycles. The molecule has 0 bridgehead atoms. The van der Waals surface area contributed by atoms with Crippen LogP contribution in [0.1, 0.15) is 50.2 Å². The summed E-state index contributed by atoms with van der Waals surface area (Å²) in [4.78, 5) is 6.85. The van der Waals surface area contributed by atoms with Crippen LogP contribution in [0, 0.1) is 11.8 Å². The summed E-state index contributed by atoms with van der Waals surface area (Å²) in [5.74, 6) is 3.07. The minimum atomic E-state index is 0.273. The Kier molecular flexibility index (Phi) is 3.84. The van der Waals surface area contributed by atoms with Gasteiger partial charge in [0, 0.05) is 25.6 Å². The van der Waals surface area contributed by atoms with Crippen molar-refractivity contribution in [2.45, 2.75) is 45.1 Å². The van der Waals surface area contributed by atoms with Gasteiger partial charge in [-0.15, -0.1) is 0 Å². The van der Waals surface area contributed by atoms with E-state index in [1.165, 1.54) is 25.7 Å². The Bertz CT molecular complexity index is 415. The van der Waals surface area contributed by atoms with Crippen molar-refractivity contribution in [1.29, 1.82) is 0 Å². The predicted molar refractivity (Wildman–Crippen MR) is 70.5 cm³/mol. The van der Waals surface area contributed by atoms with Gasteiger partial charge in [-0.2, -0.15) is 4.98 Å². The van der Waals surface area contributed by atoms with Crippen LogP contribution in [0.3, 0.4) is 0 Å². The lowest BCUT2D eigenvalue weighted by atomic mass is 10.00. The molecule has 1 N–H and O–H groups in total. The number of aromatic nitrogens is 2. The van der Waals surface area contributed by atoms with Crippen molar-refractivity contribution in [2.24, 2.45) is 11.8 Å². The van der Waals surface area contributed by atoms with Gasteiger partial charge in [0.1, 0.15) is 0 Å². The van der Waals surface area contributed by atoms with Crippen LogP contribution < -0.4 is 0 Å². The van der Waals surface area contributed by atoms with Gasteiger partial charge in [0.05, 0.1) is 6.54 Å². The van der Waals surface area contributed by atoms with Gasteiger partial charge in [0.15, 0.2) is 5.82 Å². The maximum absolute atomic E-state index is 9.29. The van der Waals surface area contributed by atoms with Crippen molar-refractivity contribution in [2.75, 3.05) is 19.7 Å². The highest BCUT2D eigenvalue weighted by Crippen LogP contribution is 2.32. The van der Waals surface area contributed by atoms with E-state index in [1.54, 1.807) is 0 Å². The lowest BCUT2D eigenvalue weighted by Gasteiger charge is -2.11. The predicted octanol–water partition coefficient (Wildman–Crippen LogP) is 1.79. The summed E-state index contributed by atoms with van der Waals surface area (Å²) in [6.45, 7) is 5.12. The summed E-state index contributed by atoms with van der Waals surface area (Å²) >= 11 is 0. The standard InChI is InChI=1S/C14H23N3O2/c1-10-6-17(7-12(10)9-18)8-13-15-14(16-19-13)11-4-2-3-5-11/h10-12,18H,2-9H2,1H3/t10-,12+/m1/s1. The van der Waals surface area contributed by atoms with E-state index in [1.807, 2.05) is 0 Å². The van der Waals surface area contributed by atoms with Crippen LogP contribution in [0.25, 0.3) is 0 Å². The maximum atomic E-state index is 9.29. The number of aliphatic hydroxyl groups excluding tert-OH is 1. The fourth-order valence-corrected chi connectivity index (χ4v) is 3.38. The first kappa shape index (κ1) is 13.1. The van der Waals surface area contributed by atoms with Crippen molar-refractivity contribution >= 4 is 0 Å². The first-order chi connectivity index (χ1) is 9.26. The number of rotatable bonds is 4. The molecule has 2 aliphatic rings. The number of aliphatic hydroxyl groups is 1. The van der Waals surface area contributed by atoms with Crippen LogP contribution in [0.2, 0.25) is 0 Å². The van der Waals surface area contributed by atoms with Crippen molar-refractivity contribution in [3.05, 3.63) is 11.7 Å². The van der Waals surface area contributed by atoms with Gasteiger partial charge >= 0.3 is 0 Å². The molecular weight excluding hydrogens is 242 g/mol. The third-order valence-electron chi connectivity index (χ3n) is 4.64. The zero-order chi connectivity index (χ0) is 13.2. The smallest absolute Gasteiger partial charge is 0.240 e. The second-order valence-electron chi connectivity index (χ2n) is 6.14. The molecule has 2 atom stereocenters. The van der Waals surface area contributed by atoms with E-state index in [0.29, 0.717) is 17.8 Å². The van der Waals surface area contributed by atoms with Gasteiger partial charge in [0.2, 0.25) is 5.89 Å². The Morgan fingerprint density at radius 2 is 2.11 bits per heavy atom. The average molecular weight is 265 g/mol. The van der Waals surface area contributed by atoms with Crippen LogP contribution in [-0.2, 0) is 6.54 Å². The molecule has 0 unspecified atom stereocenters. The molecule has 106 valence electrons. The number of hydrogen-bond donors (Lipinski definition) is 1. The zero-order valence-corrected chi connectivity index (χ0v) is 11.6. The molecule has 1 aliphatic heterocycles. The highest BCUT2D eigenvalue weighted by molar-refractivity contribution is 4.98. The summed E-state index contributed by atoms with van der Waals surface area (Å²) in [6.07, 6.45) is 4.98. The SMILES string of the molecule is C[C@@H]1CN(Cc2nc(C3CCCC3)no2)C[C@H]1CO. The number of likely N-dealkylation sites (tertiary alicyclic amines) is 1. The molecule has 1 aliphatic carbocycles. The first-order valence-electron chi connectivity index (χ1n) is 7.42. The van der Waals surface area contributed by atoms with E-state index >= 15 is 0 Å². The van der Waals surface area contributed by atoms with Crippen LogP contribution in [0.4, 0.5) is 0 Å². The maximum Gasteiger partial charge on any atom is 0.240 e. The minimum absolute atomic E-state index is 0.273. The monoisotopic (exact) mass is 265 g/mol. The molecule has 0 radical (unpaired) electrons. The summed E-state index contributed by atoms with van der Waals surface area (Å²) in [6, 6.07) is 0. The van der Waals surface area contributed by atoms with Crippen molar-refractivity contribution in [1.82, 2.24) is 15.0 Å². The van der Waals surface area contributed by atoms with Gasteiger partial charge in [-0.05, 0) is 24.7 Å². The first-order valence-corrected chi connectivity index (χ1v) is 7.42. The number of nitrogens with zero attached hydrogens (tertiary/aromatic N) is 3. The Labute approximate surface area is 114 Å². The summed E-state index contributed by atoms with van der Waals surface area (Å²) in [7, 11) is 0. The fraction of sp³-hybridized carbons (Fsp3) is 0.857. The van der Waals surface area contributed by atoms with Crippen LogP contribution >= 0.6 is 0 Å². The Balaban J connectivity index is 1.58. The highest BCUT2D eigenvalue weighted by Gasteiger charge is 2.30. The minimum Gasteiger partial charge on any atom is -0.396 e. The Morgan fingerprint density at radius 3 is 2.79 bits per heavy atom. The second kappa shape index (κ2) is 5.59. The quantitative estimate of drug-likeness (QED) is 0.899. The van der Waals surface area contributed by atoms with Gasteiger partial charge in [-0.25, -0.2) is 0 Å². The normalized spacial score (nSPS) is 29.4. The van der Waals surface area contributed by atoms with Crippen LogP contribution in [0.5, 0.6) is 0 Å². The van der Waals surface area contributed by atoms with Gasteiger partial charge in [0.25, 0.3) is 0 Å². The third-order valence-corrected chi connectivity index (χ3v) is 4.64. The highest BCUT2D eigenvalue weighted by atomic mass is 16.5. The molecule has 1 aromatic heterocycles. The molecule has 0 spiro atoms. The molecule has 0 amide bonds. The number of hydrogen-bond acceptors (Lipinski definition) is 5. The van der Waals surface area contributed by atoms with Crippen molar-refractivity contribution in [3.8, 4) is 0 Å². The topological polar surface area (TPSA) is 62.4 Å². The largest absolute Gasteiger partial charge is 0.396 e. The zero-order valence-electron chi connectivity index (χ0n) is 11.6. The molecule has 19 heavy (non-hydrogen) atoms. The molecule has 5 nitrogen and oxygen atoms in total. The lowest BCUT2D eigenvalue weighted by molar-refractivity contribution is 0.201. The second-order valence-corrected chi connectivity index (χ2v) is 6.14. The summed E-state index contributed by atoms with van der Waals surface area (Å²) in [5.41, 5.74) is 0. The molecule has 0 aromatic carbocycles. The Hall–Kier alpha value is -0.940. The average Bonchev–Trinajstić information content (AvgIpc) is 3.09. The fourth-order valence-electron chi connectivity index (χ4n) is 3.38. The van der Waals surface area contributed by atoms with Gasteiger partial charge in [-0.3, -0.25) is 4.90 Å². The molecule has 2 heterocycles. The third kappa shape index (κ3) is 2.82. The van der Waals surface area contributed by atoms with E-state index < -0.39 is 0 Å². The van der Waals surface area contributed by atoms with Crippen LogP contribution in [-0.4, -0.2) is 39.8 Å². The van der Waals surface area contributed by atoms with E-state index in [9.17, 15) is 5.11 Å². The lowest BCUT2D eigenvalue weighted by Crippen LogP contribution is -2.21. The van der Waals surface area contributed by atoms with Crippen molar-refractivity contribution < 1.29 is 9.63 Å². The van der Waals surface area contributed by atoms with E-state index in [-0.39, 0.29) is 6.61 Å². The molecular formula is C14H23N3O2.